The van der Waals surface area contributed by atoms with Crippen LogP contribution in [-0.2, 0) is 24.9 Å². The average Bonchev–Trinajstić information content (AvgIpc) is 3.22. The van der Waals surface area contributed by atoms with E-state index < -0.39 is 16.0 Å². The van der Waals surface area contributed by atoms with E-state index >= 15 is 0 Å². The quantitative estimate of drug-likeness (QED) is 0.121. The topological polar surface area (TPSA) is 51.2 Å². The van der Waals surface area contributed by atoms with Crippen molar-refractivity contribution >= 4 is 16.0 Å². The van der Waals surface area contributed by atoms with Crippen LogP contribution >= 0.6 is 7.67 Å². The Morgan fingerprint density at radius 2 is 1.61 bits per heavy atom. The first-order valence-corrected chi connectivity index (χ1v) is 21.0. The molecule has 1 aromatic carbocycles. The molecule has 250 valence electrons. The highest BCUT2D eigenvalue weighted by Crippen LogP contribution is 2.64. The molecular formula is C36H63N2O4PSi. The van der Waals surface area contributed by atoms with Gasteiger partial charge in [-0.1, -0.05) is 84.0 Å². The first-order chi connectivity index (χ1) is 20.2. The SMILES string of the molecule is C[C@H](/C=C/[C@H](C)C(C)(C)OCc1ccccc1)[C@H]1C(OP(=O)(N(C)C)N(C)C)CC2C(O[Si](C)(C)C(C)(C)C)=CCC[C@@]21C. The highest BCUT2D eigenvalue weighted by atomic mass is 31.2. The summed E-state index contributed by atoms with van der Waals surface area (Å²) in [4.78, 5) is 0. The van der Waals surface area contributed by atoms with E-state index in [-0.39, 0.29) is 45.8 Å². The van der Waals surface area contributed by atoms with Gasteiger partial charge in [0, 0.05) is 11.8 Å². The molecule has 0 radical (unpaired) electrons. The van der Waals surface area contributed by atoms with E-state index in [1.54, 1.807) is 9.34 Å². The first kappa shape index (κ1) is 37.2. The lowest BCUT2D eigenvalue weighted by Crippen LogP contribution is -2.44. The molecule has 0 spiro atoms. The van der Waals surface area contributed by atoms with Crippen molar-refractivity contribution < 1.29 is 18.3 Å². The standard InChI is InChI=1S/C36H63N2O4PSi/c1-27(22-23-28(2)35(6,7)40-26-29-19-16-15-17-20-29)33-32(41-43(39,37(9)10)38(11)12)25-30-31(21-18-24-36(30,33)8)42-44(13,14)34(3,4)5/h15-17,19-23,27-28,30,32-33H,18,24-26H2,1-14H3/b23-22+/t27-,28+,30?,32?,33+,36+/m1/s1. The second kappa shape index (κ2) is 13.9. The highest BCUT2D eigenvalue weighted by Gasteiger charge is 2.58. The molecule has 2 aliphatic carbocycles. The summed E-state index contributed by atoms with van der Waals surface area (Å²) in [5, 5.41) is 0.114. The Morgan fingerprint density at radius 3 is 2.16 bits per heavy atom. The van der Waals surface area contributed by atoms with E-state index in [1.165, 1.54) is 5.56 Å². The van der Waals surface area contributed by atoms with E-state index in [1.807, 2.05) is 34.3 Å². The van der Waals surface area contributed by atoms with Gasteiger partial charge in [0.2, 0.25) is 8.32 Å². The summed E-state index contributed by atoms with van der Waals surface area (Å²) in [6.45, 7) is 23.5. The Bertz CT molecular complexity index is 1190. The summed E-state index contributed by atoms with van der Waals surface area (Å²) < 4.78 is 38.0. The summed E-state index contributed by atoms with van der Waals surface area (Å²) in [5.41, 5.74) is 0.822. The fourth-order valence-electron chi connectivity index (χ4n) is 6.75. The van der Waals surface area contributed by atoms with Crippen LogP contribution in [0.15, 0.2) is 54.3 Å². The van der Waals surface area contributed by atoms with Crippen LogP contribution in [0.3, 0.4) is 0 Å². The summed E-state index contributed by atoms with van der Waals surface area (Å²) in [7, 11) is 2.20. The molecule has 44 heavy (non-hydrogen) atoms. The van der Waals surface area contributed by atoms with Crippen LogP contribution in [0, 0.1) is 29.1 Å². The number of rotatable bonds is 13. The smallest absolute Gasteiger partial charge is 0.345 e. The van der Waals surface area contributed by atoms with Crippen LogP contribution in [0.1, 0.15) is 80.2 Å². The Hall–Kier alpha value is -1.21. The summed E-state index contributed by atoms with van der Waals surface area (Å²) in [6, 6.07) is 10.4. The van der Waals surface area contributed by atoms with E-state index in [0.29, 0.717) is 6.61 Å². The predicted octanol–water partition coefficient (Wildman–Crippen LogP) is 9.77. The fourth-order valence-corrected chi connectivity index (χ4v) is 9.54. The van der Waals surface area contributed by atoms with Gasteiger partial charge in [-0.05, 0) is 108 Å². The molecule has 1 aromatic rings. The number of ether oxygens (including phenoxy) is 1. The van der Waals surface area contributed by atoms with Crippen LogP contribution < -0.4 is 0 Å². The second-order valence-corrected chi connectivity index (χ2v) is 23.6. The summed E-state index contributed by atoms with van der Waals surface area (Å²) in [6.07, 6.45) is 9.75. The fraction of sp³-hybridized carbons (Fsp3) is 0.722. The minimum absolute atomic E-state index is 0.0348. The number of hydrogen-bond acceptors (Lipinski definition) is 4. The van der Waals surface area contributed by atoms with Crippen molar-refractivity contribution in [3.05, 3.63) is 59.9 Å². The maximum Gasteiger partial charge on any atom is 0.345 e. The van der Waals surface area contributed by atoms with Crippen molar-refractivity contribution in [3.8, 4) is 0 Å². The molecule has 8 heteroatoms. The Kier molecular flexibility index (Phi) is 11.7. The third kappa shape index (κ3) is 8.01. The number of nitrogens with zero attached hydrogens (tertiary/aromatic N) is 2. The Labute approximate surface area is 271 Å². The van der Waals surface area contributed by atoms with E-state index in [2.05, 4.69) is 111 Å². The van der Waals surface area contributed by atoms with Gasteiger partial charge in [-0.25, -0.2) is 9.34 Å². The molecule has 1 saturated carbocycles. The maximum absolute atomic E-state index is 14.2. The zero-order valence-corrected chi connectivity index (χ0v) is 32.2. The van der Waals surface area contributed by atoms with Crippen molar-refractivity contribution in [2.75, 3.05) is 28.2 Å². The number of fused-ring (bicyclic) bond motifs is 1. The summed E-state index contributed by atoms with van der Waals surface area (Å²) in [5.74, 6) is 1.98. The predicted molar refractivity (Wildman–Crippen MR) is 188 cm³/mol. The van der Waals surface area contributed by atoms with Gasteiger partial charge in [0.25, 0.3) is 0 Å². The highest BCUT2D eigenvalue weighted by molar-refractivity contribution is 7.53. The number of benzene rings is 1. The zero-order valence-electron chi connectivity index (χ0n) is 30.3. The lowest BCUT2D eigenvalue weighted by molar-refractivity contribution is -0.0537. The lowest BCUT2D eigenvalue weighted by atomic mass is 9.64. The monoisotopic (exact) mass is 646 g/mol. The molecule has 0 N–H and O–H groups in total. The Morgan fingerprint density at radius 1 is 1.02 bits per heavy atom. The first-order valence-electron chi connectivity index (χ1n) is 16.5. The summed E-state index contributed by atoms with van der Waals surface area (Å²) >= 11 is 0. The van der Waals surface area contributed by atoms with Gasteiger partial charge in [-0.3, -0.25) is 4.57 Å². The molecule has 0 saturated heterocycles. The van der Waals surface area contributed by atoms with Crippen LogP contribution in [0.4, 0.5) is 0 Å². The van der Waals surface area contributed by atoms with Crippen LogP contribution in [0.25, 0.3) is 0 Å². The van der Waals surface area contributed by atoms with Gasteiger partial charge in [0.05, 0.1) is 24.1 Å². The van der Waals surface area contributed by atoms with E-state index in [9.17, 15) is 4.57 Å². The van der Waals surface area contributed by atoms with Gasteiger partial charge >= 0.3 is 7.67 Å². The third-order valence-corrected chi connectivity index (χ3v) is 18.0. The molecule has 0 heterocycles. The zero-order chi connectivity index (χ0) is 33.3. The van der Waals surface area contributed by atoms with Gasteiger partial charge in [-0.2, -0.15) is 0 Å². The molecular weight excluding hydrogens is 583 g/mol. The van der Waals surface area contributed by atoms with E-state index in [0.717, 1.165) is 25.0 Å². The van der Waals surface area contributed by atoms with Crippen molar-refractivity contribution in [2.24, 2.45) is 29.1 Å². The molecule has 3 rings (SSSR count). The van der Waals surface area contributed by atoms with Gasteiger partial charge < -0.3 is 13.7 Å². The molecule has 6 nitrogen and oxygen atoms in total. The second-order valence-electron chi connectivity index (χ2n) is 16.1. The van der Waals surface area contributed by atoms with E-state index in [4.69, 9.17) is 13.7 Å². The van der Waals surface area contributed by atoms with Crippen LogP contribution in [-0.4, -0.2) is 57.6 Å². The molecule has 2 aliphatic rings. The number of hydrogen-bond donors (Lipinski definition) is 0. The van der Waals surface area contributed by atoms with Gasteiger partial charge in [-0.15, -0.1) is 0 Å². The largest absolute Gasteiger partial charge is 0.547 e. The van der Waals surface area contributed by atoms with Crippen molar-refractivity contribution in [1.29, 1.82) is 0 Å². The molecule has 2 unspecified atom stereocenters. The molecule has 0 amide bonds. The molecule has 1 fully saturated rings. The third-order valence-electron chi connectivity index (χ3n) is 11.1. The Balaban J connectivity index is 1.92. The van der Waals surface area contributed by atoms with Gasteiger partial charge in [0.1, 0.15) is 0 Å². The van der Waals surface area contributed by atoms with Crippen molar-refractivity contribution in [1.82, 2.24) is 9.34 Å². The maximum atomic E-state index is 14.2. The normalized spacial score (nSPS) is 26.6. The van der Waals surface area contributed by atoms with Crippen LogP contribution in [0.2, 0.25) is 18.1 Å². The van der Waals surface area contributed by atoms with Crippen molar-refractivity contribution in [2.45, 2.75) is 111 Å². The van der Waals surface area contributed by atoms with Crippen molar-refractivity contribution in [3.63, 3.8) is 0 Å². The van der Waals surface area contributed by atoms with Crippen LogP contribution in [0.5, 0.6) is 0 Å². The average molecular weight is 647 g/mol. The molecule has 0 aromatic heterocycles. The lowest BCUT2D eigenvalue weighted by Gasteiger charge is -2.46. The number of allylic oxidation sites excluding steroid dienone is 3. The molecule has 0 aliphatic heterocycles. The van der Waals surface area contributed by atoms with Gasteiger partial charge in [0.15, 0.2) is 0 Å². The molecule has 0 bridgehead atoms. The molecule has 6 atom stereocenters. The minimum atomic E-state index is -3.19. The minimum Gasteiger partial charge on any atom is -0.547 e.